The quantitative estimate of drug-likeness (QED) is 0.253. The van der Waals surface area contributed by atoms with Crippen LogP contribution < -0.4 is 16.2 Å². The van der Waals surface area contributed by atoms with Gasteiger partial charge in [-0.05, 0) is 62.4 Å². The Labute approximate surface area is 234 Å². The van der Waals surface area contributed by atoms with Gasteiger partial charge in [0.2, 0.25) is 5.91 Å². The van der Waals surface area contributed by atoms with Crippen LogP contribution in [0.25, 0.3) is 16.6 Å². The number of nitrogens with zero attached hydrogens (tertiary/aromatic N) is 2. The zero-order chi connectivity index (χ0) is 28.9. The third-order valence-corrected chi connectivity index (χ3v) is 6.61. The minimum atomic E-state index is -0.674. The molecule has 1 aliphatic rings. The lowest BCUT2D eigenvalue weighted by molar-refractivity contribution is -0.120. The van der Waals surface area contributed by atoms with Crippen molar-refractivity contribution in [2.75, 3.05) is 6.61 Å². The summed E-state index contributed by atoms with van der Waals surface area (Å²) >= 11 is 0. The maximum absolute atomic E-state index is 11.9. The van der Waals surface area contributed by atoms with Crippen LogP contribution in [-0.2, 0) is 4.79 Å². The third kappa shape index (κ3) is 9.57. The Hall–Kier alpha value is -3.61. The summed E-state index contributed by atoms with van der Waals surface area (Å²) in [7, 11) is 0. The SMILES string of the molecule is CC1CC1.CCCC.CCCOc1cccc(C(C)=N/C(=C(/N)C(C)C(N)=O)c2c(C)ccc3[nH]ncc23)c1. The predicted octanol–water partition coefficient (Wildman–Crippen LogP) is 7.14. The molecule has 0 radical (unpaired) electrons. The number of benzene rings is 2. The Morgan fingerprint density at radius 2 is 1.79 bits per heavy atom. The molecule has 1 saturated carbocycles. The highest BCUT2D eigenvalue weighted by molar-refractivity contribution is 6.04. The molecule has 0 saturated heterocycles. The topological polar surface area (TPSA) is 119 Å². The fourth-order valence-electron chi connectivity index (χ4n) is 3.49. The molecular weight excluding hydrogens is 486 g/mol. The first-order chi connectivity index (χ1) is 18.6. The Balaban J connectivity index is 0.000000577. The van der Waals surface area contributed by atoms with Gasteiger partial charge in [0.15, 0.2) is 0 Å². The smallest absolute Gasteiger partial charge is 0.226 e. The molecule has 1 heterocycles. The minimum absolute atomic E-state index is 0.321. The fraction of sp³-hybridized carbons (Fsp3) is 0.469. The number of unbranched alkanes of at least 4 members (excludes halogenated alkanes) is 1. The van der Waals surface area contributed by atoms with Crippen molar-refractivity contribution in [3.05, 3.63) is 65.0 Å². The van der Waals surface area contributed by atoms with Gasteiger partial charge in [0.25, 0.3) is 0 Å². The van der Waals surface area contributed by atoms with Crippen LogP contribution in [0.5, 0.6) is 5.75 Å². The number of ether oxygens (including phenoxy) is 1. The van der Waals surface area contributed by atoms with Gasteiger partial charge >= 0.3 is 0 Å². The number of carbonyl (C=O) groups excluding carboxylic acids is 1. The maximum Gasteiger partial charge on any atom is 0.226 e. The number of rotatable bonds is 9. The van der Waals surface area contributed by atoms with E-state index in [-0.39, 0.29) is 0 Å². The van der Waals surface area contributed by atoms with Gasteiger partial charge in [0.1, 0.15) is 5.75 Å². The number of fused-ring (bicyclic) bond motifs is 1. The largest absolute Gasteiger partial charge is 0.494 e. The summed E-state index contributed by atoms with van der Waals surface area (Å²) in [6.45, 7) is 14.9. The van der Waals surface area contributed by atoms with E-state index in [4.69, 9.17) is 21.2 Å². The normalized spacial score (nSPS) is 14.4. The van der Waals surface area contributed by atoms with Crippen LogP contribution in [0.1, 0.15) is 90.3 Å². The first-order valence-electron chi connectivity index (χ1n) is 14.1. The number of aliphatic imine (C=N–C) groups is 1. The van der Waals surface area contributed by atoms with Crippen molar-refractivity contribution in [1.29, 1.82) is 0 Å². The molecule has 0 spiro atoms. The standard InChI is InChI=1S/C24H29N5O2.C4H8.C4H10/c1-5-11-31-18-8-6-7-17(12-18)16(4)28-23(22(25)15(3)24(26)30)21-14(2)9-10-20-19(21)13-27-29-20;1-4-2-3-4;1-3-4-2/h6-10,12-13,15H,5,11,25H2,1-4H3,(H2,26,30)(H,27,29);4H,2-3H2,1H3;3-4H2,1-2H3/b23-22+,28-16?;;. The van der Waals surface area contributed by atoms with Gasteiger partial charge in [-0.1, -0.05) is 71.6 Å². The molecule has 39 heavy (non-hydrogen) atoms. The van der Waals surface area contributed by atoms with E-state index in [1.165, 1.54) is 25.7 Å². The van der Waals surface area contributed by atoms with Crippen molar-refractivity contribution in [3.8, 4) is 5.75 Å². The molecule has 3 aromatic rings. The van der Waals surface area contributed by atoms with Crippen LogP contribution in [0.4, 0.5) is 0 Å². The van der Waals surface area contributed by atoms with Gasteiger partial charge < -0.3 is 16.2 Å². The molecule has 1 unspecified atom stereocenters. The molecule has 1 amide bonds. The van der Waals surface area contributed by atoms with E-state index in [0.717, 1.165) is 51.4 Å². The van der Waals surface area contributed by atoms with E-state index in [0.29, 0.717) is 18.0 Å². The van der Waals surface area contributed by atoms with Gasteiger partial charge in [0.05, 0.1) is 29.9 Å². The molecule has 4 rings (SSSR count). The summed E-state index contributed by atoms with van der Waals surface area (Å²) in [6.07, 6.45) is 8.28. The van der Waals surface area contributed by atoms with Crippen LogP contribution >= 0.6 is 0 Å². The lowest BCUT2D eigenvalue weighted by Crippen LogP contribution is -2.26. The van der Waals surface area contributed by atoms with Gasteiger partial charge in [-0.15, -0.1) is 0 Å². The average Bonchev–Trinajstić information content (AvgIpc) is 3.57. The van der Waals surface area contributed by atoms with Gasteiger partial charge in [-0.25, -0.2) is 0 Å². The second-order valence-electron chi connectivity index (χ2n) is 10.3. The van der Waals surface area contributed by atoms with E-state index in [9.17, 15) is 4.79 Å². The Bertz CT molecular complexity index is 1270. The first kappa shape index (κ1) is 31.6. The molecule has 0 bridgehead atoms. The molecule has 0 aliphatic heterocycles. The molecule has 7 heteroatoms. The number of aromatic nitrogens is 2. The molecule has 1 aliphatic carbocycles. The van der Waals surface area contributed by atoms with Crippen LogP contribution in [0.15, 0.2) is 53.3 Å². The summed E-state index contributed by atoms with van der Waals surface area (Å²) in [5, 5.41) is 8.01. The van der Waals surface area contributed by atoms with Crippen molar-refractivity contribution in [3.63, 3.8) is 0 Å². The number of aryl methyl sites for hydroxylation is 1. The van der Waals surface area contributed by atoms with Crippen molar-refractivity contribution < 1.29 is 9.53 Å². The molecule has 5 N–H and O–H groups in total. The third-order valence-electron chi connectivity index (χ3n) is 6.61. The van der Waals surface area contributed by atoms with Crippen LogP contribution in [-0.4, -0.2) is 28.4 Å². The fourth-order valence-corrected chi connectivity index (χ4v) is 3.49. The lowest BCUT2D eigenvalue weighted by atomic mass is 9.96. The first-order valence-corrected chi connectivity index (χ1v) is 14.1. The second-order valence-corrected chi connectivity index (χ2v) is 10.3. The summed E-state index contributed by atoms with van der Waals surface area (Å²) < 4.78 is 5.75. The number of primary amides is 1. The Morgan fingerprint density at radius 3 is 2.36 bits per heavy atom. The van der Waals surface area contributed by atoms with Crippen LogP contribution in [0.2, 0.25) is 0 Å². The van der Waals surface area contributed by atoms with Crippen molar-refractivity contribution in [2.45, 2.75) is 80.6 Å². The number of aromatic amines is 1. The molecule has 1 fully saturated rings. The summed E-state index contributed by atoms with van der Waals surface area (Å²) in [6, 6.07) is 11.7. The number of carbonyl (C=O) groups is 1. The van der Waals surface area contributed by atoms with Crippen molar-refractivity contribution in [1.82, 2.24) is 10.2 Å². The number of hydrogen-bond donors (Lipinski definition) is 3. The Kier molecular flexibility index (Phi) is 12.7. The number of H-pyrrole nitrogens is 1. The van der Waals surface area contributed by atoms with Gasteiger partial charge in [0, 0.05) is 22.4 Å². The van der Waals surface area contributed by atoms with Crippen LogP contribution in [0, 0.1) is 18.8 Å². The van der Waals surface area contributed by atoms with E-state index in [1.54, 1.807) is 13.1 Å². The number of nitrogens with two attached hydrogens (primary N) is 2. The van der Waals surface area contributed by atoms with E-state index < -0.39 is 11.8 Å². The molecule has 1 atom stereocenters. The monoisotopic (exact) mass is 533 g/mol. The molecule has 1 aromatic heterocycles. The highest BCUT2D eigenvalue weighted by Gasteiger charge is 2.21. The molecule has 212 valence electrons. The summed E-state index contributed by atoms with van der Waals surface area (Å²) in [4.78, 5) is 16.8. The Morgan fingerprint density at radius 1 is 1.13 bits per heavy atom. The lowest BCUT2D eigenvalue weighted by Gasteiger charge is -2.16. The number of nitrogens with one attached hydrogen (secondary N) is 1. The summed E-state index contributed by atoms with van der Waals surface area (Å²) in [5.74, 6) is 0.688. The summed E-state index contributed by atoms with van der Waals surface area (Å²) in [5.41, 5.74) is 17.2. The zero-order valence-electron chi connectivity index (χ0n) is 24.8. The van der Waals surface area contributed by atoms with Gasteiger partial charge in [-0.3, -0.25) is 14.9 Å². The second kappa shape index (κ2) is 15.7. The molecule has 7 nitrogen and oxygen atoms in total. The highest BCUT2D eigenvalue weighted by Crippen LogP contribution is 2.32. The van der Waals surface area contributed by atoms with Crippen molar-refractivity contribution in [2.24, 2.45) is 28.3 Å². The average molecular weight is 534 g/mol. The maximum atomic E-state index is 11.9. The molecular formula is C32H47N5O2. The van der Waals surface area contributed by atoms with Crippen LogP contribution in [0.3, 0.4) is 0 Å². The number of amides is 1. The zero-order valence-corrected chi connectivity index (χ0v) is 24.8. The molecule has 2 aromatic carbocycles. The van der Waals surface area contributed by atoms with E-state index in [2.05, 4.69) is 37.9 Å². The minimum Gasteiger partial charge on any atom is -0.494 e. The number of hydrogen-bond acceptors (Lipinski definition) is 5. The van der Waals surface area contributed by atoms with Crippen molar-refractivity contribution >= 4 is 28.2 Å². The predicted molar refractivity (Wildman–Crippen MR) is 164 cm³/mol. The van der Waals surface area contributed by atoms with Gasteiger partial charge in [-0.2, -0.15) is 5.10 Å². The highest BCUT2D eigenvalue weighted by atomic mass is 16.5. The van der Waals surface area contributed by atoms with E-state index >= 15 is 0 Å². The van der Waals surface area contributed by atoms with E-state index in [1.807, 2.05) is 50.2 Å².